The van der Waals surface area contributed by atoms with Crippen LogP contribution < -0.4 is 5.73 Å². The second kappa shape index (κ2) is 8.26. The molecule has 0 radical (unpaired) electrons. The van der Waals surface area contributed by atoms with Crippen molar-refractivity contribution in [1.82, 2.24) is 4.90 Å². The topological polar surface area (TPSA) is 81.1 Å². The molecule has 2 heterocycles. The number of hydrogen-bond acceptors (Lipinski definition) is 4. The first-order chi connectivity index (χ1) is 9.60. The van der Waals surface area contributed by atoms with Crippen molar-refractivity contribution in [3.05, 3.63) is 23.7 Å². The first kappa shape index (κ1) is 17.8. The summed E-state index contributed by atoms with van der Waals surface area (Å²) in [5.74, 6) is 1.58. The van der Waals surface area contributed by atoms with E-state index in [1.807, 2.05) is 0 Å². The van der Waals surface area contributed by atoms with Crippen LogP contribution in [0.15, 0.2) is 21.5 Å². The number of esters is 1. The Morgan fingerprint density at radius 3 is 2.76 bits per heavy atom. The van der Waals surface area contributed by atoms with Crippen molar-refractivity contribution in [1.29, 1.82) is 0 Å². The van der Waals surface area contributed by atoms with Crippen LogP contribution in [0.1, 0.15) is 36.1 Å². The molecule has 0 unspecified atom stereocenters. The molecular weight excluding hydrogens is 385 g/mol. The Balaban J connectivity index is 0.00000220. The molecule has 118 valence electrons. The molecule has 1 aliphatic rings. The third-order valence-corrected chi connectivity index (χ3v) is 3.55. The predicted molar refractivity (Wildman–Crippen MR) is 90.8 cm³/mol. The van der Waals surface area contributed by atoms with Gasteiger partial charge in [0.2, 0.25) is 5.76 Å². The zero-order valence-corrected chi connectivity index (χ0v) is 14.7. The van der Waals surface area contributed by atoms with E-state index in [0.29, 0.717) is 18.3 Å². The lowest BCUT2D eigenvalue weighted by molar-refractivity contribution is 0.0563. The standard InChI is InChI=1S/C14H21N3O3.HI/c1-10-5-7-17(8-6-10)14(15)16-9-11-3-4-12(20-11)13(18)19-2;/h3-4,10H,5-9H2,1-2H3,(H2,15,16);1H. The van der Waals surface area contributed by atoms with E-state index in [0.717, 1.165) is 31.8 Å². The Morgan fingerprint density at radius 2 is 2.14 bits per heavy atom. The Labute approximate surface area is 141 Å². The van der Waals surface area contributed by atoms with Crippen molar-refractivity contribution in [2.45, 2.75) is 26.3 Å². The van der Waals surface area contributed by atoms with Crippen LogP contribution in [-0.2, 0) is 11.3 Å². The normalized spacial score (nSPS) is 16.5. The molecule has 1 aromatic rings. The van der Waals surface area contributed by atoms with Crippen molar-refractivity contribution in [2.75, 3.05) is 20.2 Å². The summed E-state index contributed by atoms with van der Waals surface area (Å²) >= 11 is 0. The largest absolute Gasteiger partial charge is 0.463 e. The van der Waals surface area contributed by atoms with Gasteiger partial charge < -0.3 is 19.8 Å². The average Bonchev–Trinajstić information content (AvgIpc) is 2.93. The number of likely N-dealkylation sites (tertiary alicyclic amines) is 1. The molecule has 0 aliphatic carbocycles. The summed E-state index contributed by atoms with van der Waals surface area (Å²) in [5.41, 5.74) is 5.98. The SMILES string of the molecule is COC(=O)c1ccc(CN=C(N)N2CCC(C)CC2)o1.I. The van der Waals surface area contributed by atoms with E-state index < -0.39 is 5.97 Å². The van der Waals surface area contributed by atoms with E-state index in [4.69, 9.17) is 10.2 Å². The molecule has 1 saturated heterocycles. The predicted octanol–water partition coefficient (Wildman–Crippen LogP) is 2.23. The van der Waals surface area contributed by atoms with E-state index in [2.05, 4.69) is 21.6 Å². The number of rotatable bonds is 3. The number of piperidine rings is 1. The number of methoxy groups -OCH3 is 1. The smallest absolute Gasteiger partial charge is 0.373 e. The van der Waals surface area contributed by atoms with Crippen molar-refractivity contribution >= 4 is 35.9 Å². The zero-order valence-electron chi connectivity index (χ0n) is 12.4. The van der Waals surface area contributed by atoms with Crippen LogP contribution in [0.2, 0.25) is 0 Å². The van der Waals surface area contributed by atoms with Crippen molar-refractivity contribution in [2.24, 2.45) is 16.6 Å². The molecule has 0 amide bonds. The number of halogens is 1. The number of ether oxygens (including phenoxy) is 1. The number of guanidine groups is 1. The van der Waals surface area contributed by atoms with Gasteiger partial charge in [-0.15, -0.1) is 24.0 Å². The molecule has 0 aromatic carbocycles. The Bertz CT molecular complexity index is 493. The highest BCUT2D eigenvalue weighted by atomic mass is 127. The van der Waals surface area contributed by atoms with Crippen LogP contribution in [-0.4, -0.2) is 37.0 Å². The first-order valence-electron chi connectivity index (χ1n) is 6.82. The van der Waals surface area contributed by atoms with Gasteiger partial charge in [-0.05, 0) is 30.9 Å². The van der Waals surface area contributed by atoms with Gasteiger partial charge in [0.25, 0.3) is 0 Å². The zero-order chi connectivity index (χ0) is 14.5. The maximum Gasteiger partial charge on any atom is 0.373 e. The Hall–Kier alpha value is -1.25. The number of carbonyl (C=O) groups excluding carboxylic acids is 1. The monoisotopic (exact) mass is 407 g/mol. The number of carbonyl (C=O) groups is 1. The van der Waals surface area contributed by atoms with Gasteiger partial charge in [0.15, 0.2) is 5.96 Å². The minimum Gasteiger partial charge on any atom is -0.463 e. The lowest BCUT2D eigenvalue weighted by atomic mass is 10.00. The third kappa shape index (κ3) is 4.90. The summed E-state index contributed by atoms with van der Waals surface area (Å²) < 4.78 is 9.91. The molecule has 6 nitrogen and oxygen atoms in total. The number of nitrogens with zero attached hydrogens (tertiary/aromatic N) is 2. The van der Waals surface area contributed by atoms with Gasteiger partial charge in [-0.2, -0.15) is 0 Å². The van der Waals surface area contributed by atoms with Gasteiger partial charge in [0.1, 0.15) is 12.3 Å². The van der Waals surface area contributed by atoms with Crippen LogP contribution in [0.3, 0.4) is 0 Å². The maximum absolute atomic E-state index is 11.3. The fourth-order valence-corrected chi connectivity index (χ4v) is 2.17. The van der Waals surface area contributed by atoms with E-state index in [1.165, 1.54) is 7.11 Å². The molecule has 2 N–H and O–H groups in total. The molecule has 1 fully saturated rings. The molecule has 1 aromatic heterocycles. The lowest BCUT2D eigenvalue weighted by Gasteiger charge is -2.30. The Kier molecular flexibility index (Phi) is 7.00. The molecular formula is C14H22IN3O3. The Morgan fingerprint density at radius 1 is 1.48 bits per heavy atom. The maximum atomic E-state index is 11.3. The number of hydrogen-bond donors (Lipinski definition) is 1. The van der Waals surface area contributed by atoms with E-state index in [9.17, 15) is 4.79 Å². The van der Waals surface area contributed by atoms with Gasteiger partial charge in [-0.1, -0.05) is 6.92 Å². The van der Waals surface area contributed by atoms with Crippen LogP contribution in [0.5, 0.6) is 0 Å². The fraction of sp³-hybridized carbons (Fsp3) is 0.571. The summed E-state index contributed by atoms with van der Waals surface area (Å²) in [6.07, 6.45) is 2.28. The summed E-state index contributed by atoms with van der Waals surface area (Å²) in [7, 11) is 1.32. The second-order valence-electron chi connectivity index (χ2n) is 5.10. The van der Waals surface area contributed by atoms with Crippen molar-refractivity contribution < 1.29 is 13.9 Å². The molecule has 21 heavy (non-hydrogen) atoms. The van der Waals surface area contributed by atoms with Gasteiger partial charge in [-0.3, -0.25) is 0 Å². The molecule has 1 aliphatic heterocycles. The number of aliphatic imine (C=N–C) groups is 1. The van der Waals surface area contributed by atoms with Crippen LogP contribution >= 0.6 is 24.0 Å². The third-order valence-electron chi connectivity index (χ3n) is 3.55. The molecule has 0 bridgehead atoms. The van der Waals surface area contributed by atoms with Gasteiger partial charge >= 0.3 is 5.97 Å². The summed E-state index contributed by atoms with van der Waals surface area (Å²) in [5, 5.41) is 0. The molecule has 2 rings (SSSR count). The summed E-state index contributed by atoms with van der Waals surface area (Å²) in [6.45, 7) is 4.47. The average molecular weight is 407 g/mol. The van der Waals surface area contributed by atoms with E-state index >= 15 is 0 Å². The highest BCUT2D eigenvalue weighted by Gasteiger charge is 2.17. The van der Waals surface area contributed by atoms with Crippen molar-refractivity contribution in [3.8, 4) is 0 Å². The second-order valence-corrected chi connectivity index (χ2v) is 5.10. The highest BCUT2D eigenvalue weighted by Crippen LogP contribution is 2.16. The van der Waals surface area contributed by atoms with E-state index in [1.54, 1.807) is 12.1 Å². The number of furan rings is 1. The lowest BCUT2D eigenvalue weighted by Crippen LogP contribution is -2.42. The molecule has 0 spiro atoms. The fourth-order valence-electron chi connectivity index (χ4n) is 2.17. The molecule has 7 heteroatoms. The minimum absolute atomic E-state index is 0. The highest BCUT2D eigenvalue weighted by molar-refractivity contribution is 14.0. The van der Waals surface area contributed by atoms with Gasteiger partial charge in [0.05, 0.1) is 7.11 Å². The molecule has 0 saturated carbocycles. The molecule has 0 atom stereocenters. The van der Waals surface area contributed by atoms with Gasteiger partial charge in [0, 0.05) is 13.1 Å². The van der Waals surface area contributed by atoms with Crippen LogP contribution in [0.4, 0.5) is 0 Å². The quantitative estimate of drug-likeness (QED) is 0.360. The van der Waals surface area contributed by atoms with Crippen LogP contribution in [0.25, 0.3) is 0 Å². The van der Waals surface area contributed by atoms with Gasteiger partial charge in [-0.25, -0.2) is 9.79 Å². The summed E-state index contributed by atoms with van der Waals surface area (Å²) in [4.78, 5) is 17.7. The summed E-state index contributed by atoms with van der Waals surface area (Å²) in [6, 6.07) is 3.29. The first-order valence-corrected chi connectivity index (χ1v) is 6.82. The minimum atomic E-state index is -0.488. The van der Waals surface area contributed by atoms with E-state index in [-0.39, 0.29) is 29.7 Å². The van der Waals surface area contributed by atoms with Crippen LogP contribution in [0, 0.1) is 5.92 Å². The number of nitrogens with two attached hydrogens (primary N) is 1. The van der Waals surface area contributed by atoms with Crippen molar-refractivity contribution in [3.63, 3.8) is 0 Å².